The van der Waals surface area contributed by atoms with Crippen LogP contribution in [0.25, 0.3) is 0 Å². The zero-order valence-electron chi connectivity index (χ0n) is 10.8. The van der Waals surface area contributed by atoms with E-state index in [0.717, 1.165) is 12.0 Å². The van der Waals surface area contributed by atoms with Crippen molar-refractivity contribution in [3.63, 3.8) is 0 Å². The standard InChI is InChI=1S/C11H15N3O4S2/c1-20(17,18)9-6-19-5-4-14(9)10-7(12)2-3-8(13-10)11(15)16/h2-3,9H,4-6,12H2,1H3,(H,15,16). The molecular formula is C11H15N3O4S2. The minimum absolute atomic E-state index is 0.153. The second-order valence-corrected chi connectivity index (χ2v) is 7.82. The summed E-state index contributed by atoms with van der Waals surface area (Å²) in [4.78, 5) is 16.5. The molecule has 3 N–H and O–H groups in total. The molecule has 1 atom stereocenters. The van der Waals surface area contributed by atoms with Gasteiger partial charge in [0.15, 0.2) is 21.3 Å². The molecule has 0 radical (unpaired) electrons. The second-order valence-electron chi connectivity index (χ2n) is 4.47. The zero-order valence-corrected chi connectivity index (χ0v) is 12.4. The van der Waals surface area contributed by atoms with Gasteiger partial charge in [-0.2, -0.15) is 11.8 Å². The first-order valence-corrected chi connectivity index (χ1v) is 8.94. The van der Waals surface area contributed by atoms with Crippen molar-refractivity contribution in [2.75, 3.05) is 34.9 Å². The number of anilines is 2. The molecule has 1 unspecified atom stereocenters. The summed E-state index contributed by atoms with van der Waals surface area (Å²) in [6.07, 6.45) is 1.16. The quantitative estimate of drug-likeness (QED) is 0.817. The second kappa shape index (κ2) is 5.49. The highest BCUT2D eigenvalue weighted by Gasteiger charge is 2.33. The van der Waals surface area contributed by atoms with E-state index in [2.05, 4.69) is 4.98 Å². The molecule has 0 spiro atoms. The summed E-state index contributed by atoms with van der Waals surface area (Å²) in [5.74, 6) is 0.205. The molecule has 0 amide bonds. The molecule has 0 bridgehead atoms. The predicted octanol–water partition coefficient (Wildman–Crippen LogP) is 0.286. The van der Waals surface area contributed by atoms with Gasteiger partial charge in [-0.05, 0) is 12.1 Å². The topological polar surface area (TPSA) is 114 Å². The summed E-state index contributed by atoms with van der Waals surface area (Å²) in [5, 5.41) is 8.24. The van der Waals surface area contributed by atoms with Crippen LogP contribution < -0.4 is 10.6 Å². The normalized spacial score (nSPS) is 19.9. The van der Waals surface area contributed by atoms with E-state index in [1.807, 2.05) is 0 Å². The molecular weight excluding hydrogens is 302 g/mol. The number of hydrogen-bond donors (Lipinski definition) is 2. The van der Waals surface area contributed by atoms with E-state index < -0.39 is 21.2 Å². The maximum Gasteiger partial charge on any atom is 0.354 e. The number of carboxylic acid groups (broad SMARTS) is 1. The lowest BCUT2D eigenvalue weighted by molar-refractivity contribution is 0.0690. The Morgan fingerprint density at radius 2 is 2.25 bits per heavy atom. The molecule has 20 heavy (non-hydrogen) atoms. The van der Waals surface area contributed by atoms with Crippen LogP contribution in [0, 0.1) is 0 Å². The van der Waals surface area contributed by atoms with Crippen LogP contribution in [0.5, 0.6) is 0 Å². The molecule has 2 rings (SSSR count). The van der Waals surface area contributed by atoms with Gasteiger partial charge in [-0.25, -0.2) is 18.2 Å². The van der Waals surface area contributed by atoms with Crippen LogP contribution in [0.1, 0.15) is 10.5 Å². The summed E-state index contributed by atoms with van der Waals surface area (Å²) < 4.78 is 23.7. The van der Waals surface area contributed by atoms with E-state index in [1.165, 1.54) is 23.9 Å². The smallest absolute Gasteiger partial charge is 0.354 e. The average molecular weight is 317 g/mol. The van der Waals surface area contributed by atoms with Crippen LogP contribution >= 0.6 is 11.8 Å². The number of nitrogens with two attached hydrogens (primary N) is 1. The van der Waals surface area contributed by atoms with Crippen molar-refractivity contribution in [2.45, 2.75) is 5.37 Å². The third-order valence-corrected chi connectivity index (χ3v) is 5.62. The molecule has 1 saturated heterocycles. The molecule has 0 aromatic carbocycles. The largest absolute Gasteiger partial charge is 0.477 e. The Balaban J connectivity index is 2.47. The Morgan fingerprint density at radius 1 is 1.55 bits per heavy atom. The van der Waals surface area contributed by atoms with Gasteiger partial charge < -0.3 is 15.7 Å². The van der Waals surface area contributed by atoms with Gasteiger partial charge in [-0.15, -0.1) is 0 Å². The molecule has 0 aliphatic carbocycles. The third-order valence-electron chi connectivity index (χ3n) is 2.98. The Kier molecular flexibility index (Phi) is 4.09. The number of aromatic nitrogens is 1. The van der Waals surface area contributed by atoms with E-state index in [-0.39, 0.29) is 17.2 Å². The lowest BCUT2D eigenvalue weighted by atomic mass is 10.3. The van der Waals surface area contributed by atoms with Crippen LogP contribution in [0.4, 0.5) is 11.5 Å². The van der Waals surface area contributed by atoms with Gasteiger partial charge in [0.2, 0.25) is 0 Å². The fourth-order valence-electron chi connectivity index (χ4n) is 1.99. The molecule has 2 heterocycles. The molecule has 110 valence electrons. The van der Waals surface area contributed by atoms with E-state index in [9.17, 15) is 13.2 Å². The van der Waals surface area contributed by atoms with Gasteiger partial charge in [-0.3, -0.25) is 0 Å². The van der Waals surface area contributed by atoms with E-state index in [4.69, 9.17) is 10.8 Å². The summed E-state index contributed by atoms with van der Waals surface area (Å²) >= 11 is 1.54. The van der Waals surface area contributed by atoms with Crippen LogP contribution in [0.3, 0.4) is 0 Å². The number of carbonyl (C=O) groups is 1. The Hall–Kier alpha value is -1.48. The monoisotopic (exact) mass is 317 g/mol. The Bertz CT molecular complexity index is 633. The van der Waals surface area contributed by atoms with Crippen molar-refractivity contribution in [1.82, 2.24) is 4.98 Å². The average Bonchev–Trinajstić information content (AvgIpc) is 2.38. The number of carboxylic acids is 1. The molecule has 0 saturated carbocycles. The molecule has 1 aromatic heterocycles. The van der Waals surface area contributed by atoms with E-state index in [1.54, 1.807) is 4.90 Å². The highest BCUT2D eigenvalue weighted by molar-refractivity contribution is 8.01. The fraction of sp³-hybridized carbons (Fsp3) is 0.455. The summed E-state index contributed by atoms with van der Waals surface area (Å²) in [7, 11) is -3.31. The molecule has 1 aromatic rings. The maximum atomic E-state index is 11.9. The van der Waals surface area contributed by atoms with Gasteiger partial charge in [0.1, 0.15) is 5.37 Å². The van der Waals surface area contributed by atoms with Gasteiger partial charge in [-0.1, -0.05) is 0 Å². The summed E-state index contributed by atoms with van der Waals surface area (Å²) in [5.41, 5.74) is 5.95. The van der Waals surface area contributed by atoms with Crippen LogP contribution in [-0.2, 0) is 9.84 Å². The summed E-state index contributed by atoms with van der Waals surface area (Å²) in [6, 6.07) is 2.74. The maximum absolute atomic E-state index is 11.9. The predicted molar refractivity (Wildman–Crippen MR) is 78.9 cm³/mol. The Labute approximate surface area is 121 Å². The molecule has 1 aliphatic rings. The molecule has 1 fully saturated rings. The van der Waals surface area contributed by atoms with Crippen molar-refractivity contribution in [3.8, 4) is 0 Å². The number of pyridine rings is 1. The van der Waals surface area contributed by atoms with Crippen LogP contribution in [-0.4, -0.2) is 54.2 Å². The van der Waals surface area contributed by atoms with E-state index in [0.29, 0.717) is 12.3 Å². The SMILES string of the molecule is CS(=O)(=O)C1CSCCN1c1nc(C(=O)O)ccc1N. The minimum Gasteiger partial charge on any atom is -0.477 e. The highest BCUT2D eigenvalue weighted by Crippen LogP contribution is 2.29. The fourth-order valence-corrected chi connectivity index (χ4v) is 4.81. The first-order chi connectivity index (χ1) is 9.30. The van der Waals surface area contributed by atoms with Gasteiger partial charge in [0, 0.05) is 24.3 Å². The number of thioether (sulfide) groups is 1. The van der Waals surface area contributed by atoms with Crippen LogP contribution in [0.2, 0.25) is 0 Å². The zero-order chi connectivity index (χ0) is 14.9. The van der Waals surface area contributed by atoms with Gasteiger partial charge in [0.05, 0.1) is 5.69 Å². The van der Waals surface area contributed by atoms with Crippen molar-refractivity contribution in [2.24, 2.45) is 0 Å². The summed E-state index contributed by atoms with van der Waals surface area (Å²) in [6.45, 7) is 0.461. The van der Waals surface area contributed by atoms with Crippen molar-refractivity contribution >= 4 is 39.1 Å². The third kappa shape index (κ3) is 2.98. The molecule has 1 aliphatic heterocycles. The number of aromatic carboxylic acids is 1. The first-order valence-electron chi connectivity index (χ1n) is 5.84. The van der Waals surface area contributed by atoms with Crippen molar-refractivity contribution < 1.29 is 18.3 Å². The lowest BCUT2D eigenvalue weighted by Crippen LogP contribution is -2.47. The number of sulfone groups is 1. The Morgan fingerprint density at radius 3 is 2.85 bits per heavy atom. The molecule has 7 nitrogen and oxygen atoms in total. The number of nitrogens with zero attached hydrogens (tertiary/aromatic N) is 2. The minimum atomic E-state index is -3.31. The highest BCUT2D eigenvalue weighted by atomic mass is 32.2. The van der Waals surface area contributed by atoms with Crippen LogP contribution in [0.15, 0.2) is 12.1 Å². The number of rotatable bonds is 3. The number of hydrogen-bond acceptors (Lipinski definition) is 7. The van der Waals surface area contributed by atoms with Crippen molar-refractivity contribution in [1.29, 1.82) is 0 Å². The first kappa shape index (κ1) is 14.9. The lowest BCUT2D eigenvalue weighted by Gasteiger charge is -2.35. The molecule has 9 heteroatoms. The number of nitrogen functional groups attached to an aromatic ring is 1. The van der Waals surface area contributed by atoms with Gasteiger partial charge >= 0.3 is 5.97 Å². The van der Waals surface area contributed by atoms with Gasteiger partial charge in [0.25, 0.3) is 0 Å². The van der Waals surface area contributed by atoms with Crippen molar-refractivity contribution in [3.05, 3.63) is 17.8 Å². The van der Waals surface area contributed by atoms with E-state index >= 15 is 0 Å².